The van der Waals surface area contributed by atoms with Gasteiger partial charge in [-0.05, 0) is 19.6 Å². The van der Waals surface area contributed by atoms with Crippen LogP contribution in [0, 0.1) is 0 Å². The van der Waals surface area contributed by atoms with Gasteiger partial charge in [0.25, 0.3) is 0 Å². The molecule has 1 atom stereocenters. The SMILES string of the molecule is CC/C(=N\N(C)C)C(C)SC. The summed E-state index contributed by atoms with van der Waals surface area (Å²) in [6.45, 7) is 4.34. The van der Waals surface area contributed by atoms with Crippen LogP contribution in [-0.4, -0.2) is 36.3 Å². The van der Waals surface area contributed by atoms with Crippen molar-refractivity contribution >= 4 is 17.5 Å². The van der Waals surface area contributed by atoms with E-state index in [0.717, 1.165) is 6.42 Å². The Labute approximate surface area is 74.0 Å². The van der Waals surface area contributed by atoms with Crippen LogP contribution in [0.2, 0.25) is 0 Å². The normalized spacial score (nSPS) is 14.8. The van der Waals surface area contributed by atoms with Gasteiger partial charge in [-0.15, -0.1) is 0 Å². The van der Waals surface area contributed by atoms with Gasteiger partial charge in [0.15, 0.2) is 0 Å². The maximum atomic E-state index is 4.40. The van der Waals surface area contributed by atoms with E-state index in [1.165, 1.54) is 5.71 Å². The van der Waals surface area contributed by atoms with Crippen molar-refractivity contribution in [2.45, 2.75) is 25.5 Å². The molecule has 0 aliphatic heterocycles. The summed E-state index contributed by atoms with van der Waals surface area (Å²) in [6.07, 6.45) is 3.16. The van der Waals surface area contributed by atoms with Crippen LogP contribution in [0.5, 0.6) is 0 Å². The molecule has 0 aliphatic rings. The van der Waals surface area contributed by atoms with Gasteiger partial charge in [0.05, 0.1) is 5.71 Å². The van der Waals surface area contributed by atoms with Gasteiger partial charge in [-0.3, -0.25) is 0 Å². The molecule has 0 aromatic heterocycles. The Kier molecular flexibility index (Phi) is 5.38. The van der Waals surface area contributed by atoms with Crippen LogP contribution in [-0.2, 0) is 0 Å². The highest BCUT2D eigenvalue weighted by atomic mass is 32.2. The highest BCUT2D eigenvalue weighted by Gasteiger charge is 2.06. The molecule has 0 fully saturated rings. The van der Waals surface area contributed by atoms with E-state index in [1.54, 1.807) is 0 Å². The van der Waals surface area contributed by atoms with Gasteiger partial charge < -0.3 is 5.01 Å². The van der Waals surface area contributed by atoms with Crippen LogP contribution in [0.15, 0.2) is 5.10 Å². The smallest absolute Gasteiger partial charge is 0.0504 e. The minimum absolute atomic E-state index is 0.544. The quantitative estimate of drug-likeness (QED) is 0.479. The van der Waals surface area contributed by atoms with Gasteiger partial charge >= 0.3 is 0 Å². The zero-order valence-corrected chi connectivity index (χ0v) is 8.90. The van der Waals surface area contributed by atoms with Crippen molar-refractivity contribution in [3.63, 3.8) is 0 Å². The molecule has 0 saturated heterocycles. The second-order valence-electron chi connectivity index (χ2n) is 2.67. The molecule has 0 saturated carbocycles. The predicted molar refractivity (Wildman–Crippen MR) is 54.4 cm³/mol. The average Bonchev–Trinajstić information content (AvgIpc) is 1.98. The van der Waals surface area contributed by atoms with Crippen LogP contribution >= 0.6 is 11.8 Å². The molecular formula is C8H18N2S. The van der Waals surface area contributed by atoms with E-state index in [4.69, 9.17) is 0 Å². The first kappa shape index (κ1) is 10.8. The monoisotopic (exact) mass is 174 g/mol. The lowest BCUT2D eigenvalue weighted by Crippen LogP contribution is -2.16. The number of nitrogens with zero attached hydrogens (tertiary/aromatic N) is 2. The lowest BCUT2D eigenvalue weighted by atomic mass is 10.2. The van der Waals surface area contributed by atoms with Gasteiger partial charge in [-0.25, -0.2) is 0 Å². The first-order valence-electron chi connectivity index (χ1n) is 3.89. The van der Waals surface area contributed by atoms with Crippen molar-refractivity contribution in [3.8, 4) is 0 Å². The van der Waals surface area contributed by atoms with E-state index in [-0.39, 0.29) is 0 Å². The van der Waals surface area contributed by atoms with Gasteiger partial charge in [0.2, 0.25) is 0 Å². The van der Waals surface area contributed by atoms with Crippen molar-refractivity contribution in [3.05, 3.63) is 0 Å². The summed E-state index contributed by atoms with van der Waals surface area (Å²) in [5, 5.41) is 6.81. The molecule has 0 aromatic carbocycles. The maximum absolute atomic E-state index is 4.40. The van der Waals surface area contributed by atoms with Crippen LogP contribution in [0.1, 0.15) is 20.3 Å². The minimum Gasteiger partial charge on any atom is -0.303 e. The maximum Gasteiger partial charge on any atom is 0.0504 e. The Hall–Kier alpha value is -0.180. The number of rotatable bonds is 4. The summed E-state index contributed by atoms with van der Waals surface area (Å²) in [6, 6.07) is 0. The van der Waals surface area contributed by atoms with Gasteiger partial charge in [0, 0.05) is 19.3 Å². The van der Waals surface area contributed by atoms with Crippen molar-refractivity contribution in [2.75, 3.05) is 20.4 Å². The molecule has 0 rings (SSSR count). The fourth-order valence-electron chi connectivity index (χ4n) is 0.832. The summed E-state index contributed by atoms with van der Waals surface area (Å²) in [7, 11) is 3.92. The Morgan fingerprint density at radius 1 is 1.55 bits per heavy atom. The number of hydrogen-bond donors (Lipinski definition) is 0. The average molecular weight is 174 g/mol. The second kappa shape index (κ2) is 5.47. The van der Waals surface area contributed by atoms with Crippen LogP contribution in [0.4, 0.5) is 0 Å². The molecule has 0 aromatic rings. The van der Waals surface area contributed by atoms with Crippen molar-refractivity contribution < 1.29 is 0 Å². The molecule has 0 radical (unpaired) electrons. The fourth-order valence-corrected chi connectivity index (χ4v) is 1.32. The Morgan fingerprint density at radius 2 is 2.09 bits per heavy atom. The molecule has 0 amide bonds. The lowest BCUT2D eigenvalue weighted by molar-refractivity contribution is 0.435. The zero-order valence-electron chi connectivity index (χ0n) is 8.09. The number of thioether (sulfide) groups is 1. The highest BCUT2D eigenvalue weighted by Crippen LogP contribution is 2.09. The first-order chi connectivity index (χ1) is 5.11. The third-order valence-electron chi connectivity index (χ3n) is 1.51. The van der Waals surface area contributed by atoms with E-state index in [9.17, 15) is 0 Å². The fraction of sp³-hybridized carbons (Fsp3) is 0.875. The molecule has 0 spiro atoms. The van der Waals surface area contributed by atoms with Crippen molar-refractivity contribution in [2.24, 2.45) is 5.10 Å². The minimum atomic E-state index is 0.544. The summed E-state index contributed by atoms with van der Waals surface area (Å²) in [5.41, 5.74) is 1.27. The van der Waals surface area contributed by atoms with E-state index >= 15 is 0 Å². The standard InChI is InChI=1S/C8H18N2S/c1-6-8(7(2)11-5)9-10(3)4/h7H,6H2,1-5H3/b9-8+. The number of hydrogen-bond acceptors (Lipinski definition) is 3. The molecule has 0 heterocycles. The first-order valence-corrected chi connectivity index (χ1v) is 5.18. The molecule has 3 heteroatoms. The Bertz CT molecular complexity index is 132. The molecule has 0 bridgehead atoms. The van der Waals surface area contributed by atoms with Crippen LogP contribution < -0.4 is 0 Å². The van der Waals surface area contributed by atoms with Gasteiger partial charge in [0.1, 0.15) is 0 Å². The van der Waals surface area contributed by atoms with Gasteiger partial charge in [-0.1, -0.05) is 6.92 Å². The Morgan fingerprint density at radius 3 is 2.36 bits per heavy atom. The van der Waals surface area contributed by atoms with Crippen molar-refractivity contribution in [1.29, 1.82) is 0 Å². The third-order valence-corrected chi connectivity index (χ3v) is 2.49. The molecular weight excluding hydrogens is 156 g/mol. The van der Waals surface area contributed by atoms with Crippen LogP contribution in [0.25, 0.3) is 0 Å². The zero-order chi connectivity index (χ0) is 8.85. The number of hydrazone groups is 1. The molecule has 0 aliphatic carbocycles. The molecule has 11 heavy (non-hydrogen) atoms. The summed E-state index contributed by atoms with van der Waals surface area (Å²) in [5.74, 6) is 0. The third kappa shape index (κ3) is 4.30. The van der Waals surface area contributed by atoms with E-state index in [0.29, 0.717) is 5.25 Å². The predicted octanol–water partition coefficient (Wildman–Crippen LogP) is 2.07. The molecule has 0 N–H and O–H groups in total. The van der Waals surface area contributed by atoms with Crippen molar-refractivity contribution in [1.82, 2.24) is 5.01 Å². The largest absolute Gasteiger partial charge is 0.303 e. The lowest BCUT2D eigenvalue weighted by Gasteiger charge is -2.13. The summed E-state index contributed by atoms with van der Waals surface area (Å²) in [4.78, 5) is 0. The molecule has 66 valence electrons. The summed E-state index contributed by atoms with van der Waals surface area (Å²) >= 11 is 1.84. The van der Waals surface area contributed by atoms with E-state index in [2.05, 4.69) is 25.2 Å². The molecule has 2 nitrogen and oxygen atoms in total. The molecule has 1 unspecified atom stereocenters. The highest BCUT2D eigenvalue weighted by molar-refractivity contribution is 7.99. The van der Waals surface area contributed by atoms with E-state index in [1.807, 2.05) is 30.9 Å². The second-order valence-corrected chi connectivity index (χ2v) is 3.85. The topological polar surface area (TPSA) is 15.6 Å². The Balaban J connectivity index is 4.14. The van der Waals surface area contributed by atoms with E-state index < -0.39 is 0 Å². The van der Waals surface area contributed by atoms with Crippen LogP contribution in [0.3, 0.4) is 0 Å². The summed E-state index contributed by atoms with van der Waals surface area (Å²) < 4.78 is 0. The van der Waals surface area contributed by atoms with Gasteiger partial charge in [-0.2, -0.15) is 16.9 Å².